The summed E-state index contributed by atoms with van der Waals surface area (Å²) in [4.78, 5) is 11.8. The van der Waals surface area contributed by atoms with Gasteiger partial charge < -0.3 is 5.32 Å². The van der Waals surface area contributed by atoms with Crippen molar-refractivity contribution in [3.8, 4) is 0 Å². The molecule has 1 unspecified atom stereocenters. The third-order valence-electron chi connectivity index (χ3n) is 3.30. The zero-order valence-electron chi connectivity index (χ0n) is 14.1. The highest BCUT2D eigenvalue weighted by molar-refractivity contribution is 7.98. The Labute approximate surface area is 139 Å². The van der Waals surface area contributed by atoms with Gasteiger partial charge in [0.05, 0.1) is 5.88 Å². The van der Waals surface area contributed by atoms with Gasteiger partial charge >= 0.3 is 0 Å². The molecular weight excluding hydrogens is 292 g/mol. The maximum Gasteiger partial charge on any atom is 0.230 e. The molecule has 1 amide bonds. The van der Waals surface area contributed by atoms with Crippen molar-refractivity contribution < 1.29 is 4.79 Å². The van der Waals surface area contributed by atoms with Gasteiger partial charge in [-0.25, -0.2) is 0 Å². The van der Waals surface area contributed by atoms with Crippen molar-refractivity contribution in [2.24, 2.45) is 5.92 Å². The van der Waals surface area contributed by atoms with E-state index in [0.29, 0.717) is 18.2 Å². The van der Waals surface area contributed by atoms with E-state index in [1.54, 1.807) is 0 Å². The average Bonchev–Trinajstić information content (AvgIpc) is 2.43. The van der Waals surface area contributed by atoms with Crippen LogP contribution in [0.2, 0.25) is 0 Å². The Balaban J connectivity index is 2.14. The summed E-state index contributed by atoms with van der Waals surface area (Å²) in [5.41, 5.74) is 3.65. The number of rotatable bonds is 9. The predicted molar refractivity (Wildman–Crippen MR) is 97.8 cm³/mol. The minimum Gasteiger partial charge on any atom is -0.374 e. The number of aryl methyl sites for hydroxylation is 1. The van der Waals surface area contributed by atoms with Gasteiger partial charge in [-0.2, -0.15) is 0 Å². The number of hydrogen-bond donors (Lipinski definition) is 2. The second kappa shape index (κ2) is 10.3. The molecule has 4 heteroatoms. The van der Waals surface area contributed by atoms with E-state index >= 15 is 0 Å². The molecule has 1 aromatic rings. The summed E-state index contributed by atoms with van der Waals surface area (Å²) in [6.45, 7) is 8.41. The molecular formula is C18H28N2OS. The minimum absolute atomic E-state index is 0.112. The number of carbonyl (C=O) groups is 1. The van der Waals surface area contributed by atoms with Crippen LogP contribution in [0.25, 0.3) is 0 Å². The Kier molecular flexibility index (Phi) is 8.75. The molecule has 1 rings (SSSR count). The summed E-state index contributed by atoms with van der Waals surface area (Å²) in [5.74, 6) is 1.20. The highest BCUT2D eigenvalue weighted by Gasteiger charge is 2.08. The van der Waals surface area contributed by atoms with Crippen LogP contribution in [0.15, 0.2) is 35.9 Å². The molecule has 0 aromatic heterocycles. The SMILES string of the molecule is CC(C)=CCCC(C)CC(=O)NSCNc1cccc(C)c1. The van der Waals surface area contributed by atoms with Gasteiger partial charge in [0.25, 0.3) is 0 Å². The lowest BCUT2D eigenvalue weighted by Gasteiger charge is -2.11. The topological polar surface area (TPSA) is 41.1 Å². The maximum absolute atomic E-state index is 11.8. The van der Waals surface area contributed by atoms with Crippen molar-refractivity contribution in [3.05, 3.63) is 41.5 Å². The Morgan fingerprint density at radius 1 is 1.36 bits per heavy atom. The highest BCUT2D eigenvalue weighted by Crippen LogP contribution is 2.13. The van der Waals surface area contributed by atoms with Crippen LogP contribution < -0.4 is 10.0 Å². The largest absolute Gasteiger partial charge is 0.374 e. The molecule has 0 fully saturated rings. The summed E-state index contributed by atoms with van der Waals surface area (Å²) in [7, 11) is 0. The van der Waals surface area contributed by atoms with Crippen LogP contribution in [0.5, 0.6) is 0 Å². The molecule has 0 spiro atoms. The molecule has 3 nitrogen and oxygen atoms in total. The lowest BCUT2D eigenvalue weighted by Crippen LogP contribution is -2.20. The second-order valence-corrected chi connectivity index (χ2v) is 6.81. The monoisotopic (exact) mass is 320 g/mol. The molecule has 0 saturated carbocycles. The number of nitrogens with one attached hydrogen (secondary N) is 2. The van der Waals surface area contributed by atoms with Crippen LogP contribution in [0, 0.1) is 12.8 Å². The van der Waals surface area contributed by atoms with Crippen LogP contribution in [0.3, 0.4) is 0 Å². The van der Waals surface area contributed by atoms with Gasteiger partial charge in [-0.05, 0) is 69.2 Å². The molecule has 0 saturated heterocycles. The lowest BCUT2D eigenvalue weighted by molar-refractivity contribution is -0.120. The number of hydrogen-bond acceptors (Lipinski definition) is 3. The number of carbonyl (C=O) groups excluding carboxylic acids is 1. The number of allylic oxidation sites excluding steroid dienone is 2. The van der Waals surface area contributed by atoms with Gasteiger partial charge in [-0.3, -0.25) is 9.52 Å². The zero-order chi connectivity index (χ0) is 16.4. The predicted octanol–water partition coefficient (Wildman–Crippen LogP) is 4.90. The summed E-state index contributed by atoms with van der Waals surface area (Å²) >= 11 is 1.41. The molecule has 1 atom stereocenters. The molecule has 2 N–H and O–H groups in total. The quantitative estimate of drug-likeness (QED) is 0.294. The Morgan fingerprint density at radius 2 is 2.14 bits per heavy atom. The number of amides is 1. The van der Waals surface area contributed by atoms with E-state index in [-0.39, 0.29) is 5.91 Å². The molecule has 1 aromatic carbocycles. The molecule has 122 valence electrons. The van der Waals surface area contributed by atoms with Crippen LogP contribution in [0.4, 0.5) is 5.69 Å². The normalized spacial score (nSPS) is 11.6. The third-order valence-corrected chi connectivity index (χ3v) is 3.96. The summed E-state index contributed by atoms with van der Waals surface area (Å²) in [6, 6.07) is 8.21. The van der Waals surface area contributed by atoms with Crippen molar-refractivity contribution in [2.75, 3.05) is 11.2 Å². The average molecular weight is 321 g/mol. The van der Waals surface area contributed by atoms with Gasteiger partial charge in [0.15, 0.2) is 0 Å². The van der Waals surface area contributed by atoms with Crippen molar-refractivity contribution in [3.63, 3.8) is 0 Å². The number of benzene rings is 1. The van der Waals surface area contributed by atoms with Crippen molar-refractivity contribution in [1.29, 1.82) is 0 Å². The summed E-state index contributed by atoms with van der Waals surface area (Å²) in [6.07, 6.45) is 4.94. The minimum atomic E-state index is 0.112. The van der Waals surface area contributed by atoms with Gasteiger partial charge in [0, 0.05) is 12.1 Å². The van der Waals surface area contributed by atoms with Crippen LogP contribution in [-0.2, 0) is 4.79 Å². The van der Waals surface area contributed by atoms with Crippen LogP contribution in [-0.4, -0.2) is 11.8 Å². The first kappa shape index (κ1) is 18.6. The zero-order valence-corrected chi connectivity index (χ0v) is 14.9. The second-order valence-electron chi connectivity index (χ2n) is 6.03. The fraction of sp³-hybridized carbons (Fsp3) is 0.500. The third kappa shape index (κ3) is 8.78. The Morgan fingerprint density at radius 3 is 2.82 bits per heavy atom. The van der Waals surface area contributed by atoms with E-state index < -0.39 is 0 Å². The van der Waals surface area contributed by atoms with E-state index in [1.807, 2.05) is 12.1 Å². The fourth-order valence-electron chi connectivity index (χ4n) is 2.11. The molecule has 0 aliphatic rings. The molecule has 0 heterocycles. The van der Waals surface area contributed by atoms with Gasteiger partial charge in [0.2, 0.25) is 5.91 Å². The van der Waals surface area contributed by atoms with E-state index in [4.69, 9.17) is 0 Å². The van der Waals surface area contributed by atoms with E-state index in [1.165, 1.54) is 23.1 Å². The molecule has 0 aliphatic carbocycles. The molecule has 0 bridgehead atoms. The Hall–Kier alpha value is -1.42. The lowest BCUT2D eigenvalue weighted by atomic mass is 10.0. The van der Waals surface area contributed by atoms with Crippen LogP contribution in [0.1, 0.15) is 45.6 Å². The smallest absolute Gasteiger partial charge is 0.230 e. The standard InChI is InChI=1S/C18H28N2OS/c1-14(2)7-5-8-16(4)12-18(21)20-22-13-19-17-10-6-9-15(3)11-17/h6-7,9-11,16,19H,5,8,12-13H2,1-4H3,(H,20,21). The molecule has 0 aliphatic heterocycles. The number of anilines is 1. The van der Waals surface area contributed by atoms with Crippen molar-refractivity contribution in [2.45, 2.75) is 47.0 Å². The van der Waals surface area contributed by atoms with E-state index in [2.05, 4.69) is 55.9 Å². The van der Waals surface area contributed by atoms with Gasteiger partial charge in [0.1, 0.15) is 0 Å². The van der Waals surface area contributed by atoms with Gasteiger partial charge in [-0.15, -0.1) is 0 Å². The van der Waals surface area contributed by atoms with Crippen molar-refractivity contribution >= 4 is 23.5 Å². The molecule has 22 heavy (non-hydrogen) atoms. The maximum atomic E-state index is 11.8. The van der Waals surface area contributed by atoms with Gasteiger partial charge in [-0.1, -0.05) is 30.7 Å². The first-order valence-corrected chi connectivity index (χ1v) is 8.80. The first-order chi connectivity index (χ1) is 10.5. The van der Waals surface area contributed by atoms with E-state index in [0.717, 1.165) is 18.5 Å². The Bertz CT molecular complexity index is 496. The first-order valence-electron chi connectivity index (χ1n) is 7.82. The fourth-order valence-corrected chi connectivity index (χ4v) is 2.66. The van der Waals surface area contributed by atoms with E-state index in [9.17, 15) is 4.79 Å². The highest BCUT2D eigenvalue weighted by atomic mass is 32.2. The summed E-state index contributed by atoms with van der Waals surface area (Å²) < 4.78 is 2.90. The van der Waals surface area contributed by atoms with Crippen LogP contribution >= 0.6 is 11.9 Å². The van der Waals surface area contributed by atoms with Crippen molar-refractivity contribution in [1.82, 2.24) is 4.72 Å². The molecule has 0 radical (unpaired) electrons. The summed E-state index contributed by atoms with van der Waals surface area (Å²) in [5, 5.41) is 3.28.